The summed E-state index contributed by atoms with van der Waals surface area (Å²) in [6.07, 6.45) is 0. The lowest BCUT2D eigenvalue weighted by atomic mass is 10.1. The average molecular weight is 340 g/mol. The molecule has 1 heterocycles. The molecule has 0 aromatic heterocycles. The van der Waals surface area contributed by atoms with Crippen LogP contribution < -0.4 is 10.2 Å². The van der Waals surface area contributed by atoms with E-state index in [1.54, 1.807) is 16.7 Å². The molecule has 124 valence electrons. The van der Waals surface area contributed by atoms with Crippen LogP contribution in [0.15, 0.2) is 42.5 Å². The topological polar surface area (TPSA) is 49.4 Å². The molecule has 0 unspecified atom stereocenters. The second-order valence-electron chi connectivity index (χ2n) is 5.97. The summed E-state index contributed by atoms with van der Waals surface area (Å²) in [5.74, 6) is 0.963. The quantitative estimate of drug-likeness (QED) is 0.926. The number of nitrogens with zero attached hydrogens (tertiary/aromatic N) is 1. The number of carbonyl (C=O) groups is 2. The average Bonchev–Trinajstić information content (AvgIpc) is 2.57. The molecule has 1 N–H and O–H groups in total. The largest absolute Gasteiger partial charge is 0.323 e. The normalized spacial score (nSPS) is 13.4. The lowest BCUT2D eigenvalue weighted by Gasteiger charge is -2.29. The highest BCUT2D eigenvalue weighted by Crippen LogP contribution is 2.29. The number of rotatable bonds is 4. The molecule has 0 saturated carbocycles. The van der Waals surface area contributed by atoms with Crippen LogP contribution >= 0.6 is 11.8 Å². The van der Waals surface area contributed by atoms with Crippen LogP contribution in [0, 0.1) is 13.8 Å². The van der Waals surface area contributed by atoms with E-state index in [1.807, 2.05) is 24.3 Å². The lowest BCUT2D eigenvalue weighted by Crippen LogP contribution is -2.43. The molecule has 24 heavy (non-hydrogen) atoms. The highest BCUT2D eigenvalue weighted by molar-refractivity contribution is 7.99. The zero-order valence-electron chi connectivity index (χ0n) is 13.8. The number of fused-ring (bicyclic) bond motifs is 1. The summed E-state index contributed by atoms with van der Waals surface area (Å²) in [6.45, 7) is 4.24. The maximum Gasteiger partial charge on any atom is 0.244 e. The van der Waals surface area contributed by atoms with Gasteiger partial charge in [-0.15, -0.1) is 11.8 Å². The molecule has 1 aliphatic heterocycles. The van der Waals surface area contributed by atoms with Gasteiger partial charge in [-0.05, 0) is 37.1 Å². The summed E-state index contributed by atoms with van der Waals surface area (Å²) in [5, 5.41) is 2.80. The number of anilines is 2. The van der Waals surface area contributed by atoms with Crippen LogP contribution in [0.5, 0.6) is 0 Å². The number of thioether (sulfide) groups is 1. The molecule has 5 heteroatoms. The number of hydrogen-bond donors (Lipinski definition) is 1. The number of benzene rings is 2. The van der Waals surface area contributed by atoms with Crippen molar-refractivity contribution in [3.05, 3.63) is 59.2 Å². The van der Waals surface area contributed by atoms with E-state index in [4.69, 9.17) is 0 Å². The van der Waals surface area contributed by atoms with Gasteiger partial charge in [0.1, 0.15) is 6.54 Å². The van der Waals surface area contributed by atoms with Gasteiger partial charge in [-0.25, -0.2) is 0 Å². The van der Waals surface area contributed by atoms with Crippen molar-refractivity contribution in [3.8, 4) is 0 Å². The fourth-order valence-corrected chi connectivity index (χ4v) is 3.70. The SMILES string of the molecule is Cc1ccc(C)c(CSCC(=O)N2CC(=O)Nc3ccccc32)c1. The molecular weight excluding hydrogens is 320 g/mol. The summed E-state index contributed by atoms with van der Waals surface area (Å²) >= 11 is 1.58. The Balaban J connectivity index is 1.65. The van der Waals surface area contributed by atoms with Gasteiger partial charge in [0.2, 0.25) is 11.8 Å². The third kappa shape index (κ3) is 3.62. The Morgan fingerprint density at radius 3 is 2.83 bits per heavy atom. The first-order chi connectivity index (χ1) is 11.5. The number of para-hydroxylation sites is 2. The van der Waals surface area contributed by atoms with Crippen molar-refractivity contribution in [2.75, 3.05) is 22.5 Å². The van der Waals surface area contributed by atoms with Crippen molar-refractivity contribution >= 4 is 35.0 Å². The van der Waals surface area contributed by atoms with Gasteiger partial charge in [0, 0.05) is 5.75 Å². The summed E-state index contributed by atoms with van der Waals surface area (Å²) in [6, 6.07) is 13.8. The molecule has 0 atom stereocenters. The summed E-state index contributed by atoms with van der Waals surface area (Å²) < 4.78 is 0. The van der Waals surface area contributed by atoms with Crippen molar-refractivity contribution in [3.63, 3.8) is 0 Å². The van der Waals surface area contributed by atoms with Crippen molar-refractivity contribution in [2.24, 2.45) is 0 Å². The standard InChI is InChI=1S/C19H20N2O2S/c1-13-7-8-14(2)15(9-13)11-24-12-19(23)21-10-18(22)20-16-5-3-4-6-17(16)21/h3-9H,10-12H2,1-2H3,(H,20,22). The number of amides is 2. The monoisotopic (exact) mass is 340 g/mol. The van der Waals surface area contributed by atoms with Crippen molar-refractivity contribution in [1.29, 1.82) is 0 Å². The minimum atomic E-state index is -0.151. The van der Waals surface area contributed by atoms with Gasteiger partial charge in [0.25, 0.3) is 0 Å². The van der Waals surface area contributed by atoms with Gasteiger partial charge in [0.05, 0.1) is 17.1 Å². The smallest absolute Gasteiger partial charge is 0.244 e. The van der Waals surface area contributed by atoms with Gasteiger partial charge in [0.15, 0.2) is 0 Å². The molecule has 3 rings (SSSR count). The molecule has 0 aliphatic carbocycles. The zero-order valence-corrected chi connectivity index (χ0v) is 14.7. The lowest BCUT2D eigenvalue weighted by molar-refractivity contribution is -0.120. The molecule has 2 aromatic rings. The van der Waals surface area contributed by atoms with Crippen LogP contribution in [0.1, 0.15) is 16.7 Å². The number of aryl methyl sites for hydroxylation is 2. The molecule has 0 spiro atoms. The molecule has 0 radical (unpaired) electrons. The molecule has 1 aliphatic rings. The maximum absolute atomic E-state index is 12.6. The van der Waals surface area contributed by atoms with Gasteiger partial charge in [-0.1, -0.05) is 35.9 Å². The third-order valence-electron chi connectivity index (χ3n) is 4.06. The number of carbonyl (C=O) groups excluding carboxylic acids is 2. The highest BCUT2D eigenvalue weighted by Gasteiger charge is 2.26. The first-order valence-electron chi connectivity index (χ1n) is 7.88. The first-order valence-corrected chi connectivity index (χ1v) is 9.03. The molecular formula is C19H20N2O2S. The van der Waals surface area contributed by atoms with Gasteiger partial charge >= 0.3 is 0 Å². The van der Waals surface area contributed by atoms with Gasteiger partial charge in [-0.2, -0.15) is 0 Å². The van der Waals surface area contributed by atoms with Crippen LogP contribution in [-0.4, -0.2) is 24.1 Å². The van der Waals surface area contributed by atoms with E-state index in [0.717, 1.165) is 11.4 Å². The van der Waals surface area contributed by atoms with E-state index >= 15 is 0 Å². The van der Waals surface area contributed by atoms with Crippen LogP contribution in [0.2, 0.25) is 0 Å². The number of hydrogen-bond acceptors (Lipinski definition) is 3. The van der Waals surface area contributed by atoms with Crippen molar-refractivity contribution in [1.82, 2.24) is 0 Å². The zero-order chi connectivity index (χ0) is 17.1. The van der Waals surface area contributed by atoms with E-state index in [1.165, 1.54) is 16.7 Å². The second-order valence-corrected chi connectivity index (χ2v) is 6.95. The summed E-state index contributed by atoms with van der Waals surface area (Å²) in [5.41, 5.74) is 5.19. The Labute approximate surface area is 146 Å². The van der Waals surface area contributed by atoms with Crippen LogP contribution in [-0.2, 0) is 15.3 Å². The van der Waals surface area contributed by atoms with E-state index in [2.05, 4.69) is 37.4 Å². The fraction of sp³-hybridized carbons (Fsp3) is 0.263. The van der Waals surface area contributed by atoms with Gasteiger partial charge in [-0.3, -0.25) is 9.59 Å². The highest BCUT2D eigenvalue weighted by atomic mass is 32.2. The Hall–Kier alpha value is -2.27. The second kappa shape index (κ2) is 7.09. The minimum absolute atomic E-state index is 0.0346. The first kappa shape index (κ1) is 16.6. The molecule has 2 amide bonds. The summed E-state index contributed by atoms with van der Waals surface area (Å²) in [4.78, 5) is 26.0. The van der Waals surface area contributed by atoms with Crippen molar-refractivity contribution < 1.29 is 9.59 Å². The molecule has 0 fully saturated rings. The van der Waals surface area contributed by atoms with Crippen LogP contribution in [0.4, 0.5) is 11.4 Å². The molecule has 0 saturated heterocycles. The van der Waals surface area contributed by atoms with E-state index in [-0.39, 0.29) is 18.4 Å². The third-order valence-corrected chi connectivity index (χ3v) is 5.03. The summed E-state index contributed by atoms with van der Waals surface area (Å²) in [7, 11) is 0. The van der Waals surface area contributed by atoms with Crippen molar-refractivity contribution in [2.45, 2.75) is 19.6 Å². The van der Waals surface area contributed by atoms with Crippen LogP contribution in [0.3, 0.4) is 0 Å². The van der Waals surface area contributed by atoms with E-state index in [0.29, 0.717) is 11.4 Å². The van der Waals surface area contributed by atoms with Gasteiger partial charge < -0.3 is 10.2 Å². The Morgan fingerprint density at radius 2 is 2.00 bits per heavy atom. The molecule has 4 nitrogen and oxygen atoms in total. The molecule has 2 aromatic carbocycles. The Bertz CT molecular complexity index is 789. The fourth-order valence-electron chi connectivity index (χ4n) is 2.74. The van der Waals surface area contributed by atoms with Crippen LogP contribution in [0.25, 0.3) is 0 Å². The molecule has 0 bridgehead atoms. The Morgan fingerprint density at radius 1 is 1.21 bits per heavy atom. The predicted octanol–water partition coefficient (Wildman–Crippen LogP) is 3.52. The maximum atomic E-state index is 12.6. The Kier molecular flexibility index (Phi) is 4.90. The number of nitrogens with one attached hydrogen (secondary N) is 1. The van der Waals surface area contributed by atoms with E-state index in [9.17, 15) is 9.59 Å². The predicted molar refractivity (Wildman–Crippen MR) is 99.5 cm³/mol. The van der Waals surface area contributed by atoms with E-state index < -0.39 is 0 Å². The minimum Gasteiger partial charge on any atom is -0.323 e.